The van der Waals surface area contributed by atoms with Crippen LogP contribution in [0.1, 0.15) is 22.3 Å². The Morgan fingerprint density at radius 2 is 1.36 bits per heavy atom. The maximum atomic E-state index is 4.60. The average Bonchev–Trinajstić information content (AvgIpc) is 3.23. The second-order valence-corrected chi connectivity index (χ2v) is 8.66. The van der Waals surface area contributed by atoms with Crippen LogP contribution in [0.4, 0.5) is 0 Å². The number of rotatable bonds is 3. The molecule has 0 radical (unpaired) electrons. The Morgan fingerprint density at radius 1 is 0.667 bits per heavy atom. The van der Waals surface area contributed by atoms with Crippen LogP contribution in [-0.4, -0.2) is 15.4 Å². The van der Waals surface area contributed by atoms with Crippen LogP contribution in [0.5, 0.6) is 0 Å². The van der Waals surface area contributed by atoms with Crippen molar-refractivity contribution in [1.29, 1.82) is 0 Å². The molecule has 0 unspecified atom stereocenters. The highest BCUT2D eigenvalue weighted by Crippen LogP contribution is 2.46. The van der Waals surface area contributed by atoms with Gasteiger partial charge in [-0.05, 0) is 75.6 Å². The van der Waals surface area contributed by atoms with Gasteiger partial charge in [-0.3, -0.25) is 0 Å². The van der Waals surface area contributed by atoms with Crippen LogP contribution in [-0.2, 0) is 6.42 Å². The molecule has 1 heterocycles. The first-order chi connectivity index (χ1) is 16.2. The second-order valence-electron chi connectivity index (χ2n) is 8.66. The highest BCUT2D eigenvalue weighted by atomic mass is 15.3. The summed E-state index contributed by atoms with van der Waals surface area (Å²) in [7, 11) is 0. The molecule has 3 nitrogen and oxygen atoms in total. The van der Waals surface area contributed by atoms with Crippen LogP contribution < -0.4 is 0 Å². The molecule has 0 saturated carbocycles. The summed E-state index contributed by atoms with van der Waals surface area (Å²) in [6, 6.07) is 29.9. The number of hydrogen-bond donors (Lipinski definition) is 0. The zero-order valence-corrected chi connectivity index (χ0v) is 18.7. The smallest absolute Gasteiger partial charge is 0.105 e. The van der Waals surface area contributed by atoms with Gasteiger partial charge in [-0.15, -0.1) is 10.2 Å². The second kappa shape index (κ2) is 7.79. The number of aryl methyl sites for hydroxylation is 1. The molecule has 0 spiro atoms. The van der Waals surface area contributed by atoms with E-state index in [0.29, 0.717) is 0 Å². The van der Waals surface area contributed by atoms with Gasteiger partial charge in [-0.2, -0.15) is 0 Å². The predicted octanol–water partition coefficient (Wildman–Crippen LogP) is 7.06. The molecule has 0 N–H and O–H groups in total. The molecule has 0 fully saturated rings. The van der Waals surface area contributed by atoms with Crippen LogP contribution >= 0.6 is 0 Å². The maximum absolute atomic E-state index is 4.60. The molecular formula is C30H23N3. The molecule has 6 rings (SSSR count). The lowest BCUT2D eigenvalue weighted by Gasteiger charge is -2.18. The molecule has 1 aliphatic rings. The normalized spacial score (nSPS) is 11.8. The summed E-state index contributed by atoms with van der Waals surface area (Å²) >= 11 is 0. The first-order valence-electron chi connectivity index (χ1n) is 11.3. The van der Waals surface area contributed by atoms with Crippen molar-refractivity contribution in [3.63, 3.8) is 0 Å². The molecule has 1 aromatic heterocycles. The summed E-state index contributed by atoms with van der Waals surface area (Å²) in [5, 5.41) is 12.9. The van der Waals surface area contributed by atoms with Crippen molar-refractivity contribution in [1.82, 2.24) is 15.4 Å². The highest BCUT2D eigenvalue weighted by Gasteiger charge is 2.26. The van der Waals surface area contributed by atoms with E-state index in [1.165, 1.54) is 38.9 Å². The van der Waals surface area contributed by atoms with Crippen molar-refractivity contribution in [3.8, 4) is 44.6 Å². The lowest BCUT2D eigenvalue weighted by molar-refractivity contribution is 0.872. The van der Waals surface area contributed by atoms with Crippen molar-refractivity contribution in [2.45, 2.75) is 20.3 Å². The molecule has 158 valence electrons. The third kappa shape index (κ3) is 3.16. The molecule has 5 aromatic rings. The Hall–Kier alpha value is -4.11. The molecule has 0 bridgehead atoms. The van der Waals surface area contributed by atoms with Crippen LogP contribution in [0, 0.1) is 13.8 Å². The van der Waals surface area contributed by atoms with Crippen molar-refractivity contribution >= 4 is 0 Å². The van der Waals surface area contributed by atoms with Crippen molar-refractivity contribution in [2.24, 2.45) is 0 Å². The van der Waals surface area contributed by atoms with Gasteiger partial charge in [-0.1, -0.05) is 84.9 Å². The van der Waals surface area contributed by atoms with Crippen LogP contribution in [0.25, 0.3) is 44.6 Å². The molecule has 4 aromatic carbocycles. The SMILES string of the molecule is Cc1cc2c(c(-c3cnnnc3-c3ccccc3-c3ccccc3)c1C)Cc1ccccc1-2. The van der Waals surface area contributed by atoms with Crippen LogP contribution in [0.15, 0.2) is 91.1 Å². The summed E-state index contributed by atoms with van der Waals surface area (Å²) in [6.07, 6.45) is 2.80. The van der Waals surface area contributed by atoms with Crippen LogP contribution in [0.3, 0.4) is 0 Å². The number of nitrogens with zero attached hydrogens (tertiary/aromatic N) is 3. The lowest BCUT2D eigenvalue weighted by atomic mass is 9.86. The number of benzene rings is 4. The third-order valence-corrected chi connectivity index (χ3v) is 6.80. The van der Waals surface area contributed by atoms with E-state index in [4.69, 9.17) is 0 Å². The van der Waals surface area contributed by atoms with E-state index in [1.807, 2.05) is 12.3 Å². The molecule has 0 atom stereocenters. The van der Waals surface area contributed by atoms with E-state index in [-0.39, 0.29) is 0 Å². The van der Waals surface area contributed by atoms with Gasteiger partial charge < -0.3 is 0 Å². The van der Waals surface area contributed by atoms with Gasteiger partial charge in [0.25, 0.3) is 0 Å². The monoisotopic (exact) mass is 425 g/mol. The predicted molar refractivity (Wildman–Crippen MR) is 134 cm³/mol. The zero-order valence-electron chi connectivity index (χ0n) is 18.7. The molecular weight excluding hydrogens is 402 g/mol. The minimum Gasteiger partial charge on any atom is -0.138 e. The molecule has 3 heteroatoms. The topological polar surface area (TPSA) is 38.7 Å². The minimum atomic E-state index is 0.872. The molecule has 33 heavy (non-hydrogen) atoms. The Bertz CT molecular complexity index is 1500. The minimum absolute atomic E-state index is 0.872. The maximum Gasteiger partial charge on any atom is 0.105 e. The Morgan fingerprint density at radius 3 is 2.18 bits per heavy atom. The third-order valence-electron chi connectivity index (χ3n) is 6.80. The Balaban J connectivity index is 1.62. The van der Waals surface area contributed by atoms with Gasteiger partial charge >= 0.3 is 0 Å². The average molecular weight is 426 g/mol. The number of fused-ring (bicyclic) bond motifs is 3. The fraction of sp³-hybridized carbons (Fsp3) is 0.100. The van der Waals surface area contributed by atoms with Crippen LogP contribution in [0.2, 0.25) is 0 Å². The van der Waals surface area contributed by atoms with E-state index in [9.17, 15) is 0 Å². The van der Waals surface area contributed by atoms with E-state index >= 15 is 0 Å². The van der Waals surface area contributed by atoms with Gasteiger partial charge in [0.15, 0.2) is 0 Å². The molecule has 0 amide bonds. The number of hydrogen-bond acceptors (Lipinski definition) is 3. The Labute approximate surface area is 193 Å². The van der Waals surface area contributed by atoms with Gasteiger partial charge in [0.2, 0.25) is 0 Å². The van der Waals surface area contributed by atoms with E-state index in [1.54, 1.807) is 0 Å². The molecule has 0 saturated heterocycles. The van der Waals surface area contributed by atoms with E-state index in [2.05, 4.69) is 108 Å². The summed E-state index contributed by atoms with van der Waals surface area (Å²) in [6.45, 7) is 4.40. The summed E-state index contributed by atoms with van der Waals surface area (Å²) < 4.78 is 0. The van der Waals surface area contributed by atoms with Crippen molar-refractivity contribution < 1.29 is 0 Å². The van der Waals surface area contributed by atoms with E-state index < -0.39 is 0 Å². The first kappa shape index (κ1) is 19.6. The summed E-state index contributed by atoms with van der Waals surface area (Å²) in [5.41, 5.74) is 14.5. The van der Waals surface area contributed by atoms with Gasteiger partial charge in [0.1, 0.15) is 5.69 Å². The molecule has 1 aliphatic carbocycles. The Kier molecular flexibility index (Phi) is 4.62. The van der Waals surface area contributed by atoms with Crippen molar-refractivity contribution in [3.05, 3.63) is 113 Å². The van der Waals surface area contributed by atoms with E-state index in [0.717, 1.165) is 34.4 Å². The lowest BCUT2D eigenvalue weighted by Crippen LogP contribution is -2.01. The first-order valence-corrected chi connectivity index (χ1v) is 11.3. The van der Waals surface area contributed by atoms with Gasteiger partial charge in [0.05, 0.1) is 6.20 Å². The highest BCUT2D eigenvalue weighted by molar-refractivity contribution is 5.94. The fourth-order valence-corrected chi connectivity index (χ4v) is 5.10. The fourth-order valence-electron chi connectivity index (χ4n) is 5.10. The quantitative estimate of drug-likeness (QED) is 0.305. The summed E-state index contributed by atoms with van der Waals surface area (Å²) in [5.74, 6) is 0. The standard InChI is InChI=1S/C30H23N3/c1-19-16-26-24-14-7-6-12-22(24)17-27(26)29(20(19)2)28-18-31-33-32-30(28)25-15-9-8-13-23(25)21-10-4-3-5-11-21/h3-16,18H,17H2,1-2H3. The largest absolute Gasteiger partial charge is 0.138 e. The van der Waals surface area contributed by atoms with Gasteiger partial charge in [-0.25, -0.2) is 0 Å². The molecule has 0 aliphatic heterocycles. The van der Waals surface area contributed by atoms with Crippen molar-refractivity contribution in [2.75, 3.05) is 0 Å². The number of aromatic nitrogens is 3. The summed E-state index contributed by atoms with van der Waals surface area (Å²) in [4.78, 5) is 0. The zero-order chi connectivity index (χ0) is 22.4. The van der Waals surface area contributed by atoms with Gasteiger partial charge in [0, 0.05) is 11.1 Å².